The molecule has 13 heavy (non-hydrogen) atoms. The summed E-state index contributed by atoms with van der Waals surface area (Å²) in [5.74, 6) is 0. The molecule has 0 unspecified atom stereocenters. The third kappa shape index (κ3) is 3.60. The predicted octanol–water partition coefficient (Wildman–Crippen LogP) is -1.89. The molecule has 0 heterocycles. The summed E-state index contributed by atoms with van der Waals surface area (Å²) in [6.45, 7) is 0. The molecule has 0 rings (SSSR count). The molecule has 5 nitrogen and oxygen atoms in total. The van der Waals surface area contributed by atoms with Crippen molar-refractivity contribution < 1.29 is 29.6 Å². The molecule has 6 heteroatoms. The average Bonchev–Trinajstić information content (AvgIpc) is 2.14. The van der Waals surface area contributed by atoms with E-state index in [1.165, 1.54) is 0 Å². The van der Waals surface area contributed by atoms with Gasteiger partial charge in [0.1, 0.15) is 24.4 Å². The molecule has 0 aromatic rings. The summed E-state index contributed by atoms with van der Waals surface area (Å²) in [6.07, 6.45) is -6.58. The SMILES string of the molecule is O=C[C@@H](O)[C@H](O)[C@H](O)[C@@H](O)C=CF. The van der Waals surface area contributed by atoms with Gasteiger partial charge in [0.05, 0.1) is 6.33 Å². The van der Waals surface area contributed by atoms with Gasteiger partial charge < -0.3 is 25.2 Å². The van der Waals surface area contributed by atoms with Gasteiger partial charge in [-0.3, -0.25) is 0 Å². The van der Waals surface area contributed by atoms with Gasteiger partial charge in [0.15, 0.2) is 6.29 Å². The first kappa shape index (κ1) is 12.2. The number of carbonyl (C=O) groups excluding carboxylic acids is 1. The molecule has 0 saturated heterocycles. The summed E-state index contributed by atoms with van der Waals surface area (Å²) in [4.78, 5) is 9.94. The first-order valence-electron chi connectivity index (χ1n) is 3.49. The number of aliphatic hydroxyl groups is 4. The van der Waals surface area contributed by atoms with Crippen molar-refractivity contribution in [2.75, 3.05) is 0 Å². The second-order valence-corrected chi connectivity index (χ2v) is 2.42. The Kier molecular flexibility index (Phi) is 5.40. The molecular formula is C7H11FO5. The Hall–Kier alpha value is -0.820. The highest BCUT2D eigenvalue weighted by atomic mass is 19.1. The topological polar surface area (TPSA) is 98.0 Å². The maximum absolute atomic E-state index is 11.5. The van der Waals surface area contributed by atoms with E-state index in [1.807, 2.05) is 0 Å². The van der Waals surface area contributed by atoms with Gasteiger partial charge >= 0.3 is 0 Å². The smallest absolute Gasteiger partial charge is 0.151 e. The van der Waals surface area contributed by atoms with Crippen LogP contribution in [0.1, 0.15) is 0 Å². The molecule has 4 N–H and O–H groups in total. The number of halogens is 1. The van der Waals surface area contributed by atoms with E-state index in [1.54, 1.807) is 0 Å². The Morgan fingerprint density at radius 3 is 1.85 bits per heavy atom. The second kappa shape index (κ2) is 5.76. The molecule has 0 aliphatic rings. The first-order valence-corrected chi connectivity index (χ1v) is 3.49. The van der Waals surface area contributed by atoms with E-state index < -0.39 is 24.4 Å². The average molecular weight is 194 g/mol. The zero-order valence-electron chi connectivity index (χ0n) is 6.62. The number of hydrogen-bond acceptors (Lipinski definition) is 5. The van der Waals surface area contributed by atoms with Gasteiger partial charge in [-0.1, -0.05) is 0 Å². The lowest BCUT2D eigenvalue weighted by atomic mass is 10.0. The molecule has 0 amide bonds. The van der Waals surface area contributed by atoms with Crippen LogP contribution in [0, 0.1) is 0 Å². The first-order chi connectivity index (χ1) is 6.04. The van der Waals surface area contributed by atoms with Crippen LogP contribution in [0.15, 0.2) is 12.4 Å². The van der Waals surface area contributed by atoms with Gasteiger partial charge in [0.25, 0.3) is 0 Å². The lowest BCUT2D eigenvalue weighted by molar-refractivity contribution is -0.130. The van der Waals surface area contributed by atoms with Crippen molar-refractivity contribution in [3.8, 4) is 0 Å². The normalized spacial score (nSPS) is 21.0. The van der Waals surface area contributed by atoms with Crippen molar-refractivity contribution in [2.45, 2.75) is 24.4 Å². The molecule has 0 saturated carbocycles. The lowest BCUT2D eigenvalue weighted by Gasteiger charge is -2.21. The maximum Gasteiger partial charge on any atom is 0.151 e. The Labute approximate surface area is 73.7 Å². The lowest BCUT2D eigenvalue weighted by Crippen LogP contribution is -2.44. The third-order valence-electron chi connectivity index (χ3n) is 1.46. The molecule has 0 aliphatic heterocycles. The Morgan fingerprint density at radius 2 is 1.46 bits per heavy atom. The molecule has 0 fully saturated rings. The maximum atomic E-state index is 11.5. The monoisotopic (exact) mass is 194 g/mol. The summed E-state index contributed by atoms with van der Waals surface area (Å²) < 4.78 is 11.5. The zero-order valence-corrected chi connectivity index (χ0v) is 6.62. The largest absolute Gasteiger partial charge is 0.387 e. The van der Waals surface area contributed by atoms with Gasteiger partial charge in [0.2, 0.25) is 0 Å². The van der Waals surface area contributed by atoms with Crippen LogP contribution < -0.4 is 0 Å². The molecule has 0 aliphatic carbocycles. The van der Waals surface area contributed by atoms with E-state index in [0.717, 1.165) is 0 Å². The Balaban J connectivity index is 4.23. The van der Waals surface area contributed by atoms with Crippen LogP contribution in [0.4, 0.5) is 4.39 Å². The van der Waals surface area contributed by atoms with E-state index >= 15 is 0 Å². The minimum atomic E-state index is -1.84. The van der Waals surface area contributed by atoms with E-state index in [0.29, 0.717) is 6.08 Å². The van der Waals surface area contributed by atoms with Gasteiger partial charge in [-0.15, -0.1) is 0 Å². The minimum absolute atomic E-state index is 0.000231. The van der Waals surface area contributed by atoms with Gasteiger partial charge in [-0.05, 0) is 6.08 Å². The van der Waals surface area contributed by atoms with Crippen molar-refractivity contribution in [1.82, 2.24) is 0 Å². The van der Waals surface area contributed by atoms with Crippen LogP contribution in [0.25, 0.3) is 0 Å². The van der Waals surface area contributed by atoms with Crippen LogP contribution in [0.2, 0.25) is 0 Å². The molecule has 0 bridgehead atoms. The standard InChI is InChI=1S/C7H11FO5/c8-2-1-4(10)6(12)7(13)5(11)3-9/h1-7,10-13H/t4-,5+,6+,7-/m0/s1. The van der Waals surface area contributed by atoms with Gasteiger partial charge in [0, 0.05) is 0 Å². The summed E-state index contributed by atoms with van der Waals surface area (Å²) >= 11 is 0. The quantitative estimate of drug-likeness (QED) is 0.384. The van der Waals surface area contributed by atoms with Gasteiger partial charge in [-0.2, -0.15) is 0 Å². The molecule has 0 aromatic carbocycles. The number of carbonyl (C=O) groups is 1. The van der Waals surface area contributed by atoms with E-state index in [4.69, 9.17) is 20.4 Å². The van der Waals surface area contributed by atoms with Crippen molar-refractivity contribution >= 4 is 6.29 Å². The molecule has 76 valence electrons. The second-order valence-electron chi connectivity index (χ2n) is 2.42. The number of aliphatic hydroxyl groups excluding tert-OH is 4. The number of aldehydes is 1. The molecule has 0 radical (unpaired) electrons. The summed E-state index contributed by atoms with van der Waals surface area (Å²) in [6, 6.07) is 0. The zero-order chi connectivity index (χ0) is 10.4. The van der Waals surface area contributed by atoms with Crippen molar-refractivity contribution in [1.29, 1.82) is 0 Å². The predicted molar refractivity (Wildman–Crippen MR) is 40.3 cm³/mol. The number of hydrogen-bond donors (Lipinski definition) is 4. The minimum Gasteiger partial charge on any atom is -0.387 e. The summed E-state index contributed by atoms with van der Waals surface area (Å²) in [5, 5.41) is 35.5. The highest BCUT2D eigenvalue weighted by Gasteiger charge is 2.28. The summed E-state index contributed by atoms with van der Waals surface area (Å²) in [5.41, 5.74) is 0. The highest BCUT2D eigenvalue weighted by molar-refractivity contribution is 5.56. The Bertz CT molecular complexity index is 184. The fourth-order valence-corrected chi connectivity index (χ4v) is 0.673. The van der Waals surface area contributed by atoms with Crippen LogP contribution in [-0.4, -0.2) is 51.1 Å². The van der Waals surface area contributed by atoms with Crippen molar-refractivity contribution in [2.24, 2.45) is 0 Å². The van der Waals surface area contributed by atoms with E-state index in [2.05, 4.69) is 0 Å². The van der Waals surface area contributed by atoms with Crippen LogP contribution >= 0.6 is 0 Å². The van der Waals surface area contributed by atoms with Crippen LogP contribution in [-0.2, 0) is 4.79 Å². The van der Waals surface area contributed by atoms with E-state index in [-0.39, 0.29) is 12.6 Å². The Morgan fingerprint density at radius 1 is 1.00 bits per heavy atom. The van der Waals surface area contributed by atoms with Crippen molar-refractivity contribution in [3.05, 3.63) is 12.4 Å². The third-order valence-corrected chi connectivity index (χ3v) is 1.46. The molecule has 4 atom stereocenters. The van der Waals surface area contributed by atoms with Crippen LogP contribution in [0.3, 0.4) is 0 Å². The van der Waals surface area contributed by atoms with Crippen LogP contribution in [0.5, 0.6) is 0 Å². The van der Waals surface area contributed by atoms with Gasteiger partial charge in [-0.25, -0.2) is 4.39 Å². The molecular weight excluding hydrogens is 183 g/mol. The number of rotatable bonds is 5. The molecule has 0 aromatic heterocycles. The van der Waals surface area contributed by atoms with Crippen molar-refractivity contribution in [3.63, 3.8) is 0 Å². The fourth-order valence-electron chi connectivity index (χ4n) is 0.673. The molecule has 0 spiro atoms. The van der Waals surface area contributed by atoms with E-state index in [9.17, 15) is 9.18 Å². The summed E-state index contributed by atoms with van der Waals surface area (Å²) in [7, 11) is 0. The highest BCUT2D eigenvalue weighted by Crippen LogP contribution is 2.05. The fraction of sp³-hybridized carbons (Fsp3) is 0.571.